The molecule has 1 aromatic carbocycles. The van der Waals surface area contributed by atoms with Gasteiger partial charge in [0.05, 0.1) is 29.8 Å². The van der Waals surface area contributed by atoms with Gasteiger partial charge in [-0.05, 0) is 24.1 Å². The van der Waals surface area contributed by atoms with E-state index in [1.807, 2.05) is 19.1 Å². The zero-order chi connectivity index (χ0) is 20.3. The lowest BCUT2D eigenvalue weighted by atomic mass is 9.99. The van der Waals surface area contributed by atoms with Crippen molar-refractivity contribution in [1.29, 1.82) is 0 Å². The van der Waals surface area contributed by atoms with Gasteiger partial charge in [-0.2, -0.15) is 13.2 Å². The average Bonchev–Trinajstić information content (AvgIpc) is 3.15. The second-order valence-electron chi connectivity index (χ2n) is 6.35. The molecule has 0 aliphatic heterocycles. The fourth-order valence-electron chi connectivity index (χ4n) is 3.07. The van der Waals surface area contributed by atoms with Crippen LogP contribution in [0, 0.1) is 0 Å². The first-order chi connectivity index (χ1) is 13.3. The summed E-state index contributed by atoms with van der Waals surface area (Å²) in [6.45, 7) is 2.00. The fraction of sp³-hybridized carbons (Fsp3) is 0.250. The highest BCUT2D eigenvalue weighted by molar-refractivity contribution is 5.85. The highest BCUT2D eigenvalue weighted by atomic mass is 19.4. The predicted octanol–water partition coefficient (Wildman–Crippen LogP) is 5.05. The number of carbonyl (C=O) groups is 1. The summed E-state index contributed by atoms with van der Waals surface area (Å²) in [5.41, 5.74) is 1.30. The van der Waals surface area contributed by atoms with Crippen LogP contribution in [0.15, 0.2) is 55.1 Å². The van der Waals surface area contributed by atoms with Gasteiger partial charge in [-0.3, -0.25) is 4.98 Å². The van der Waals surface area contributed by atoms with Crippen molar-refractivity contribution in [3.63, 3.8) is 0 Å². The molecule has 0 fully saturated rings. The summed E-state index contributed by atoms with van der Waals surface area (Å²) in [5, 5.41) is 9.34. The molecular weight excluding hydrogens is 371 g/mol. The van der Waals surface area contributed by atoms with Gasteiger partial charge >= 0.3 is 12.1 Å². The Morgan fingerprint density at radius 2 is 1.86 bits per heavy atom. The number of carboxylic acids is 1. The molecule has 146 valence electrons. The van der Waals surface area contributed by atoms with E-state index in [9.17, 15) is 23.1 Å². The number of alkyl halides is 3. The third-order valence-electron chi connectivity index (χ3n) is 4.47. The molecule has 0 aliphatic carbocycles. The van der Waals surface area contributed by atoms with E-state index < -0.39 is 17.7 Å². The van der Waals surface area contributed by atoms with Crippen LogP contribution in [0.4, 0.5) is 13.2 Å². The molecule has 2 heterocycles. The van der Waals surface area contributed by atoms with E-state index in [1.165, 1.54) is 18.6 Å². The number of hydrogen-bond acceptors (Lipinski definition) is 3. The van der Waals surface area contributed by atoms with Crippen LogP contribution in [0.5, 0.6) is 0 Å². The molecule has 0 saturated heterocycles. The largest absolute Gasteiger partial charge is 0.477 e. The minimum absolute atomic E-state index is 0.104. The number of rotatable bonds is 6. The molecule has 0 spiro atoms. The Balaban J connectivity index is 1.89. The molecule has 5 nitrogen and oxygen atoms in total. The van der Waals surface area contributed by atoms with E-state index in [1.54, 1.807) is 16.7 Å². The summed E-state index contributed by atoms with van der Waals surface area (Å²) in [4.78, 5) is 19.3. The maximum absolute atomic E-state index is 12.7. The van der Waals surface area contributed by atoms with Crippen LogP contribution in [0.2, 0.25) is 0 Å². The van der Waals surface area contributed by atoms with Crippen LogP contribution in [0.25, 0.3) is 11.3 Å². The van der Waals surface area contributed by atoms with Crippen molar-refractivity contribution in [3.05, 3.63) is 71.9 Å². The highest BCUT2D eigenvalue weighted by Crippen LogP contribution is 2.31. The van der Waals surface area contributed by atoms with Gasteiger partial charge in [-0.25, -0.2) is 9.78 Å². The fourth-order valence-corrected chi connectivity index (χ4v) is 3.07. The van der Waals surface area contributed by atoms with Crippen molar-refractivity contribution in [1.82, 2.24) is 14.5 Å². The van der Waals surface area contributed by atoms with Gasteiger partial charge in [0.1, 0.15) is 5.69 Å². The van der Waals surface area contributed by atoms with Gasteiger partial charge in [0.25, 0.3) is 0 Å². The maximum atomic E-state index is 12.7. The summed E-state index contributed by atoms with van der Waals surface area (Å²) >= 11 is 0. The summed E-state index contributed by atoms with van der Waals surface area (Å²) in [6.07, 6.45) is 0.752. The molecule has 3 aromatic rings. The number of aromatic nitrogens is 3. The Kier molecular flexibility index (Phi) is 5.48. The lowest BCUT2D eigenvalue weighted by molar-refractivity contribution is -0.137. The highest BCUT2D eigenvalue weighted by Gasteiger charge is 2.30. The van der Waals surface area contributed by atoms with Gasteiger partial charge in [-0.15, -0.1) is 0 Å². The molecule has 0 radical (unpaired) electrons. The molecule has 1 N–H and O–H groups in total. The Bertz CT molecular complexity index is 948. The molecule has 1 atom stereocenters. The quantitative estimate of drug-likeness (QED) is 0.640. The minimum atomic E-state index is -4.42. The van der Waals surface area contributed by atoms with Crippen molar-refractivity contribution in [2.45, 2.75) is 32.0 Å². The SMILES string of the molecule is CCCC(c1ccc(-c2ccc(C(F)(F)F)cn2)cc1)n1cncc1C(=O)O. The number of nitrogens with zero attached hydrogens (tertiary/aromatic N) is 3. The van der Waals surface area contributed by atoms with Crippen LogP contribution in [0.3, 0.4) is 0 Å². The number of hydrogen-bond donors (Lipinski definition) is 1. The second kappa shape index (κ2) is 7.84. The van der Waals surface area contributed by atoms with Crippen molar-refractivity contribution in [3.8, 4) is 11.3 Å². The number of imidazole rings is 1. The van der Waals surface area contributed by atoms with Gasteiger partial charge < -0.3 is 9.67 Å². The van der Waals surface area contributed by atoms with Crippen LogP contribution >= 0.6 is 0 Å². The zero-order valence-electron chi connectivity index (χ0n) is 15.0. The van der Waals surface area contributed by atoms with E-state index in [4.69, 9.17) is 0 Å². The monoisotopic (exact) mass is 389 g/mol. The predicted molar refractivity (Wildman–Crippen MR) is 96.9 cm³/mol. The van der Waals surface area contributed by atoms with Crippen molar-refractivity contribution < 1.29 is 23.1 Å². The molecule has 3 rings (SSSR count). The Hall–Kier alpha value is -3.16. The Morgan fingerprint density at radius 3 is 2.39 bits per heavy atom. The van der Waals surface area contributed by atoms with Crippen molar-refractivity contribution in [2.24, 2.45) is 0 Å². The number of halogens is 3. The number of aromatic carboxylic acids is 1. The van der Waals surface area contributed by atoms with E-state index in [-0.39, 0.29) is 11.7 Å². The number of benzene rings is 1. The summed E-state index contributed by atoms with van der Waals surface area (Å²) < 4.78 is 39.6. The third-order valence-corrected chi connectivity index (χ3v) is 4.47. The van der Waals surface area contributed by atoms with Gasteiger partial charge in [0, 0.05) is 11.8 Å². The van der Waals surface area contributed by atoms with Gasteiger partial charge in [-0.1, -0.05) is 37.6 Å². The zero-order valence-corrected chi connectivity index (χ0v) is 15.0. The van der Waals surface area contributed by atoms with E-state index >= 15 is 0 Å². The topological polar surface area (TPSA) is 68.0 Å². The molecule has 1 unspecified atom stereocenters. The first kappa shape index (κ1) is 19.6. The molecule has 0 amide bonds. The summed E-state index contributed by atoms with van der Waals surface area (Å²) in [5.74, 6) is -1.05. The lowest BCUT2D eigenvalue weighted by Gasteiger charge is -2.20. The molecule has 0 saturated carbocycles. The van der Waals surface area contributed by atoms with E-state index in [0.717, 1.165) is 24.2 Å². The molecule has 2 aromatic heterocycles. The third kappa shape index (κ3) is 4.05. The first-order valence-electron chi connectivity index (χ1n) is 8.70. The van der Waals surface area contributed by atoms with Crippen LogP contribution in [-0.4, -0.2) is 25.6 Å². The standard InChI is InChI=1S/C20H18F3N3O2/c1-2-3-17(26-12-24-11-18(26)19(27)28)14-6-4-13(5-7-14)16-9-8-15(10-25-16)20(21,22)23/h4-12,17H,2-3H2,1H3,(H,27,28). The Morgan fingerprint density at radius 1 is 1.14 bits per heavy atom. The van der Waals surface area contributed by atoms with E-state index in [2.05, 4.69) is 9.97 Å². The van der Waals surface area contributed by atoms with E-state index in [0.29, 0.717) is 17.7 Å². The van der Waals surface area contributed by atoms with Crippen molar-refractivity contribution >= 4 is 5.97 Å². The molecule has 0 aliphatic rings. The van der Waals surface area contributed by atoms with Gasteiger partial charge in [0.15, 0.2) is 0 Å². The van der Waals surface area contributed by atoms with Crippen LogP contribution in [-0.2, 0) is 6.18 Å². The lowest BCUT2D eigenvalue weighted by Crippen LogP contribution is -2.15. The maximum Gasteiger partial charge on any atom is 0.417 e. The van der Waals surface area contributed by atoms with Crippen LogP contribution in [0.1, 0.15) is 47.4 Å². The van der Waals surface area contributed by atoms with Crippen LogP contribution < -0.4 is 0 Å². The average molecular weight is 389 g/mol. The minimum Gasteiger partial charge on any atom is -0.477 e. The summed E-state index contributed by atoms with van der Waals surface area (Å²) in [6, 6.07) is 9.34. The first-order valence-corrected chi connectivity index (χ1v) is 8.70. The van der Waals surface area contributed by atoms with Crippen molar-refractivity contribution in [2.75, 3.05) is 0 Å². The Labute approximate surface area is 159 Å². The molecule has 0 bridgehead atoms. The number of pyridine rings is 1. The normalized spacial score (nSPS) is 12.7. The molecule has 28 heavy (non-hydrogen) atoms. The molecular formula is C20H18F3N3O2. The smallest absolute Gasteiger partial charge is 0.417 e. The molecule has 8 heteroatoms. The number of carboxylic acid groups (broad SMARTS) is 1. The summed E-state index contributed by atoms with van der Waals surface area (Å²) in [7, 11) is 0. The second-order valence-corrected chi connectivity index (χ2v) is 6.35. The van der Waals surface area contributed by atoms with Gasteiger partial charge in [0.2, 0.25) is 0 Å².